The SMILES string of the molecule is Cc1ccc(C)c(N(c2cc3oc4cc(N(c5cc(C)ccc5C)c5ccc(Cc6cc(N(c7cc8oc9cc(N(c%10ccc(C)c(C)c%10)c%10cccc%11c%10oc%10c(C(C)(C)C)cccc%10%11)c%10ccccc%10c9c8c8ccccc78)c7cccc8c7oc7c(C(C)(C)C)cccc78)ccc6C)c6c5oc5c(C(C)(C)C)cccc56)c5ccccc5c4c3c3ccccc23)c2cccc3c2oc2c(C(C)(C)C)cccc23)c1. The van der Waals surface area contributed by atoms with E-state index in [4.69, 9.17) is 26.5 Å². The van der Waals surface area contributed by atoms with E-state index in [9.17, 15) is 0 Å². The van der Waals surface area contributed by atoms with Crippen LogP contribution in [-0.2, 0) is 28.1 Å². The molecule has 26 rings (SSSR count). The van der Waals surface area contributed by atoms with Crippen molar-refractivity contribution in [1.29, 1.82) is 0 Å². The third-order valence-corrected chi connectivity index (χ3v) is 31.2. The monoisotopic (exact) mass is 1900 g/mol. The van der Waals surface area contributed by atoms with E-state index in [0.717, 1.165) is 299 Å². The van der Waals surface area contributed by atoms with Gasteiger partial charge in [-0.3, -0.25) is 0 Å². The minimum absolute atomic E-state index is 0.166. The van der Waals surface area contributed by atoms with E-state index >= 15 is 0 Å². The lowest BCUT2D eigenvalue weighted by Gasteiger charge is -2.29. The zero-order valence-electron chi connectivity index (χ0n) is 86.2. The largest absolute Gasteiger partial charge is 0.456 e. The molecule has 0 N–H and O–H groups in total. The van der Waals surface area contributed by atoms with E-state index in [-0.39, 0.29) is 21.7 Å². The Morgan fingerprint density at radius 3 is 0.829 bits per heavy atom. The van der Waals surface area contributed by atoms with Crippen LogP contribution in [0.4, 0.5) is 68.2 Å². The van der Waals surface area contributed by atoms with E-state index in [1.54, 1.807) is 0 Å². The maximum absolute atomic E-state index is 7.92. The smallest absolute Gasteiger partial charge is 0.159 e. The normalized spacial score (nSPS) is 12.7. The molecule has 10 nitrogen and oxygen atoms in total. The Morgan fingerprint density at radius 1 is 0.178 bits per heavy atom. The number of anilines is 12. The Bertz CT molecular complexity index is 10000. The van der Waals surface area contributed by atoms with E-state index in [1.807, 2.05) is 0 Å². The maximum Gasteiger partial charge on any atom is 0.159 e. The fourth-order valence-electron chi connectivity index (χ4n) is 23.8. The van der Waals surface area contributed by atoms with Crippen LogP contribution in [0.5, 0.6) is 0 Å². The lowest BCUT2D eigenvalue weighted by molar-refractivity contribution is 0.572. The Labute approximate surface area is 848 Å². The summed E-state index contributed by atoms with van der Waals surface area (Å²) in [6.07, 6.45) is 0.545. The lowest BCUT2D eigenvalue weighted by atomic mass is 9.85. The van der Waals surface area contributed by atoms with Gasteiger partial charge in [0.1, 0.15) is 44.7 Å². The lowest BCUT2D eigenvalue weighted by Crippen LogP contribution is -2.13. The Kier molecular flexibility index (Phi) is 20.1. The van der Waals surface area contributed by atoms with Crippen molar-refractivity contribution in [2.45, 2.75) is 160 Å². The van der Waals surface area contributed by atoms with Gasteiger partial charge in [0.2, 0.25) is 0 Å². The number of nitrogens with zero attached hydrogens (tertiary/aromatic N) is 4. The van der Waals surface area contributed by atoms with Gasteiger partial charge in [0.15, 0.2) is 22.3 Å². The molecule has 0 amide bonds. The van der Waals surface area contributed by atoms with Crippen LogP contribution in [0, 0.1) is 48.5 Å². The number of para-hydroxylation sites is 7. The summed E-state index contributed by atoms with van der Waals surface area (Å²) in [6.45, 7) is 42.7. The molecule has 0 radical (unpaired) electrons. The molecule has 20 aromatic carbocycles. The van der Waals surface area contributed by atoms with Crippen molar-refractivity contribution in [3.05, 3.63) is 406 Å². The third-order valence-electron chi connectivity index (χ3n) is 31.2. The van der Waals surface area contributed by atoms with Gasteiger partial charge in [-0.2, -0.15) is 0 Å². The van der Waals surface area contributed by atoms with Crippen LogP contribution in [0.2, 0.25) is 0 Å². The van der Waals surface area contributed by atoms with Gasteiger partial charge in [-0.05, 0) is 209 Å². The van der Waals surface area contributed by atoms with Crippen molar-refractivity contribution < 1.29 is 26.5 Å². The average molecular weight is 1900 g/mol. The fraction of sp³-hybridized carbons (Fsp3) is 0.176. The summed E-state index contributed by atoms with van der Waals surface area (Å²) in [7, 11) is 0. The molecule has 0 unspecified atom stereocenters. The summed E-state index contributed by atoms with van der Waals surface area (Å²) in [5, 5.41) is 21.2. The first-order chi connectivity index (χ1) is 70.3. The Hall–Kier alpha value is -16.6. The molecule has 0 saturated heterocycles. The van der Waals surface area contributed by atoms with Gasteiger partial charge in [-0.1, -0.05) is 332 Å². The highest BCUT2D eigenvalue weighted by atomic mass is 16.4. The van der Waals surface area contributed by atoms with Crippen LogP contribution in [0.3, 0.4) is 0 Å². The molecule has 0 spiro atoms. The molecule has 0 aliphatic heterocycles. The van der Waals surface area contributed by atoms with Gasteiger partial charge in [-0.25, -0.2) is 0 Å². The molecule has 714 valence electrons. The number of benzene rings is 20. The molecule has 0 saturated carbocycles. The molecule has 0 fully saturated rings. The average Bonchev–Trinajstić information content (AvgIpc) is 1.54. The quantitative estimate of drug-likeness (QED) is 0.105. The van der Waals surface area contributed by atoms with Crippen LogP contribution in [0.15, 0.2) is 360 Å². The summed E-state index contributed by atoms with van der Waals surface area (Å²) < 4.78 is 45.6. The van der Waals surface area contributed by atoms with E-state index in [0.29, 0.717) is 6.42 Å². The number of aryl methyl sites for hydroxylation is 7. The zero-order valence-corrected chi connectivity index (χ0v) is 86.2. The molecule has 10 heteroatoms. The summed E-state index contributed by atoms with van der Waals surface area (Å²) >= 11 is 0. The number of rotatable bonds is 14. The first-order valence-corrected chi connectivity index (χ1v) is 51.3. The molecule has 6 aromatic heterocycles. The second kappa shape index (κ2) is 32.7. The fourth-order valence-corrected chi connectivity index (χ4v) is 23.8. The summed E-state index contributed by atoms with van der Waals surface area (Å²) in [5.74, 6) is 0. The van der Waals surface area contributed by atoms with Gasteiger partial charge < -0.3 is 46.1 Å². The molecule has 0 aliphatic carbocycles. The van der Waals surface area contributed by atoms with Crippen molar-refractivity contribution in [3.8, 4) is 0 Å². The number of hydrogen-bond donors (Lipinski definition) is 0. The summed E-state index contributed by atoms with van der Waals surface area (Å²) in [6, 6.07) is 123. The second-order valence-corrected chi connectivity index (χ2v) is 45.0. The topological polar surface area (TPSA) is 91.8 Å². The van der Waals surface area contributed by atoms with Crippen LogP contribution >= 0.6 is 0 Å². The highest BCUT2D eigenvalue weighted by Gasteiger charge is 2.36. The van der Waals surface area contributed by atoms with Gasteiger partial charge >= 0.3 is 0 Å². The third kappa shape index (κ3) is 13.9. The van der Waals surface area contributed by atoms with Crippen LogP contribution in [-0.4, -0.2) is 0 Å². The number of hydrogen-bond acceptors (Lipinski definition) is 10. The molecule has 0 atom stereocenters. The number of fused-ring (bicyclic) bond motifs is 26. The molecule has 0 aliphatic rings. The highest BCUT2D eigenvalue weighted by Crippen LogP contribution is 2.58. The van der Waals surface area contributed by atoms with Crippen LogP contribution in [0.25, 0.3) is 175 Å². The molecular weight excluding hydrogens is 1790 g/mol. The minimum Gasteiger partial charge on any atom is -0.456 e. The minimum atomic E-state index is -0.302. The molecule has 0 bridgehead atoms. The summed E-state index contributed by atoms with van der Waals surface area (Å²) in [5.41, 5.74) is 35.4. The van der Waals surface area contributed by atoms with Gasteiger partial charge in [0.05, 0.1) is 45.5 Å². The standard InChI is InChI=1S/C136H114N4O6/c1-76-57-59-80(5)110(67-76)139(108-56-34-48-100-97-45-30-52-104(135(14,15)16)127(97)145-131(100)108)114-74-118-123(93-41-26-22-37-89(93)114)124-94-42-27-23-38-90(94)115(75-119(124)142-118)140(111-68-77(2)58-60-81(111)6)109-66-63-83(120-101-49-31-53-105(136(17,18)19)128(101)146-132(109)120)70-84-71-86(65-62-79(84)4)138(107-55-33-47-99-96-44-29-51-103(134(11,12)13)126(96)144-130(99)107)113-73-117-122(92-40-25-21-36-88(92)113)121-91-39-24-20-35-87(91)112(72-116(121)141-117)137(85-64-61-78(3)82(7)69-85)106-54-32-46-98-95-43-28-50-102(133(8,9)10)125(95)143-129(98)106/h20-69,71-75H,70H2,1-19H3. The molecule has 6 heterocycles. The Balaban J connectivity index is 0.671. The summed E-state index contributed by atoms with van der Waals surface area (Å²) in [4.78, 5) is 9.74. The van der Waals surface area contributed by atoms with Gasteiger partial charge in [-0.15, -0.1) is 0 Å². The molecule has 26 aromatic rings. The van der Waals surface area contributed by atoms with E-state index in [1.165, 1.54) is 16.7 Å². The number of furan rings is 6. The molecular formula is C136H114N4O6. The maximum atomic E-state index is 7.92. The molecule has 146 heavy (non-hydrogen) atoms. The van der Waals surface area contributed by atoms with Gasteiger partial charge in [0.25, 0.3) is 0 Å². The Morgan fingerprint density at radius 2 is 0.466 bits per heavy atom. The van der Waals surface area contributed by atoms with Gasteiger partial charge in [0, 0.05) is 155 Å². The van der Waals surface area contributed by atoms with Crippen molar-refractivity contribution in [2.75, 3.05) is 19.6 Å². The van der Waals surface area contributed by atoms with Crippen molar-refractivity contribution in [1.82, 2.24) is 0 Å². The van der Waals surface area contributed by atoms with Crippen molar-refractivity contribution >= 4 is 243 Å². The van der Waals surface area contributed by atoms with Crippen LogP contribution in [0.1, 0.15) is 155 Å². The highest BCUT2D eigenvalue weighted by molar-refractivity contribution is 6.33. The first kappa shape index (κ1) is 89.5. The first-order valence-electron chi connectivity index (χ1n) is 51.3. The predicted octanol–water partition coefficient (Wildman–Crippen LogP) is 40.5. The van der Waals surface area contributed by atoms with E-state index in [2.05, 4.69) is 485 Å². The van der Waals surface area contributed by atoms with Crippen molar-refractivity contribution in [2.24, 2.45) is 0 Å². The van der Waals surface area contributed by atoms with Crippen LogP contribution < -0.4 is 19.6 Å². The van der Waals surface area contributed by atoms with E-state index < -0.39 is 0 Å². The second-order valence-electron chi connectivity index (χ2n) is 45.0. The van der Waals surface area contributed by atoms with Crippen molar-refractivity contribution in [3.63, 3.8) is 0 Å². The predicted molar refractivity (Wildman–Crippen MR) is 616 cm³/mol. The zero-order chi connectivity index (χ0) is 100.